The van der Waals surface area contributed by atoms with E-state index in [9.17, 15) is 14.3 Å². The highest BCUT2D eigenvalue weighted by Crippen LogP contribution is 2.31. The number of phenolic OH excluding ortho intramolecular Hbond substituents is 1. The van der Waals surface area contributed by atoms with Crippen molar-refractivity contribution in [3.63, 3.8) is 0 Å². The van der Waals surface area contributed by atoms with Crippen LogP contribution in [0.15, 0.2) is 45.7 Å². The normalized spacial score (nSPS) is 10.9. The fourth-order valence-electron chi connectivity index (χ4n) is 1.93. The van der Waals surface area contributed by atoms with Crippen LogP contribution in [0.5, 0.6) is 5.75 Å². The van der Waals surface area contributed by atoms with Crippen LogP contribution in [0.4, 0.5) is 4.39 Å². The third-order valence-corrected chi connectivity index (χ3v) is 3.54. The van der Waals surface area contributed by atoms with Crippen LogP contribution in [0.1, 0.15) is 0 Å². The molecule has 0 aliphatic carbocycles. The molecule has 0 aliphatic rings. The third-order valence-electron chi connectivity index (χ3n) is 2.90. The van der Waals surface area contributed by atoms with Gasteiger partial charge in [0.25, 0.3) is 5.56 Å². The Balaban J connectivity index is 2.30. The highest BCUT2D eigenvalue weighted by Gasteiger charge is 2.13. The van der Waals surface area contributed by atoms with E-state index < -0.39 is 5.82 Å². The first-order valence-electron chi connectivity index (χ1n) is 5.73. The van der Waals surface area contributed by atoms with Crippen LogP contribution in [-0.2, 0) is 0 Å². The Morgan fingerprint density at radius 1 is 1.25 bits per heavy atom. The molecule has 3 aromatic rings. The first-order chi connectivity index (χ1) is 9.56. The SMILES string of the molecule is O=c1[nH]c(-c2cc(Br)c(O)cc2F)nc2ccccc12. The fraction of sp³-hybridized carbons (Fsp3) is 0. The smallest absolute Gasteiger partial charge is 0.259 e. The molecule has 1 heterocycles. The molecule has 0 radical (unpaired) electrons. The van der Waals surface area contributed by atoms with E-state index in [0.717, 1.165) is 6.07 Å². The summed E-state index contributed by atoms with van der Waals surface area (Å²) >= 11 is 3.11. The summed E-state index contributed by atoms with van der Waals surface area (Å²) in [7, 11) is 0. The summed E-state index contributed by atoms with van der Waals surface area (Å²) in [5.41, 5.74) is 0.251. The summed E-state index contributed by atoms with van der Waals surface area (Å²) in [6, 6.07) is 9.15. The van der Waals surface area contributed by atoms with E-state index in [1.807, 2.05) is 0 Å². The highest BCUT2D eigenvalue weighted by atomic mass is 79.9. The number of phenols is 1. The van der Waals surface area contributed by atoms with E-state index in [2.05, 4.69) is 25.9 Å². The quantitative estimate of drug-likeness (QED) is 0.718. The molecule has 0 fully saturated rings. The summed E-state index contributed by atoms with van der Waals surface area (Å²) in [6.07, 6.45) is 0. The molecule has 0 unspecified atom stereocenters. The molecule has 0 atom stereocenters. The van der Waals surface area contributed by atoms with Crippen molar-refractivity contribution in [3.8, 4) is 17.1 Å². The van der Waals surface area contributed by atoms with Crippen molar-refractivity contribution >= 4 is 26.8 Å². The van der Waals surface area contributed by atoms with Gasteiger partial charge < -0.3 is 10.1 Å². The van der Waals surface area contributed by atoms with E-state index in [1.165, 1.54) is 6.07 Å². The Hall–Kier alpha value is -2.21. The van der Waals surface area contributed by atoms with Gasteiger partial charge in [-0.2, -0.15) is 0 Å². The van der Waals surface area contributed by atoms with Gasteiger partial charge in [-0.3, -0.25) is 4.79 Å². The first kappa shape index (κ1) is 12.8. The molecule has 0 bridgehead atoms. The van der Waals surface area contributed by atoms with Crippen LogP contribution in [0.2, 0.25) is 0 Å². The Morgan fingerprint density at radius 2 is 2.00 bits per heavy atom. The average molecular weight is 335 g/mol. The second kappa shape index (κ2) is 4.72. The van der Waals surface area contributed by atoms with Crippen LogP contribution in [-0.4, -0.2) is 15.1 Å². The zero-order chi connectivity index (χ0) is 14.3. The molecule has 0 amide bonds. The lowest BCUT2D eigenvalue weighted by Crippen LogP contribution is -2.09. The van der Waals surface area contributed by atoms with Crippen molar-refractivity contribution in [2.24, 2.45) is 0 Å². The van der Waals surface area contributed by atoms with Crippen LogP contribution < -0.4 is 5.56 Å². The number of benzene rings is 2. The number of rotatable bonds is 1. The number of nitrogens with zero attached hydrogens (tertiary/aromatic N) is 1. The maximum absolute atomic E-state index is 13.9. The summed E-state index contributed by atoms with van der Waals surface area (Å²) < 4.78 is 14.2. The number of fused-ring (bicyclic) bond motifs is 1. The largest absolute Gasteiger partial charge is 0.507 e. The second-order valence-corrected chi connectivity index (χ2v) is 5.07. The van der Waals surface area contributed by atoms with E-state index in [4.69, 9.17) is 0 Å². The van der Waals surface area contributed by atoms with Crippen LogP contribution in [0, 0.1) is 5.82 Å². The maximum atomic E-state index is 13.9. The zero-order valence-corrected chi connectivity index (χ0v) is 11.6. The van der Waals surface area contributed by atoms with E-state index in [1.54, 1.807) is 24.3 Å². The highest BCUT2D eigenvalue weighted by molar-refractivity contribution is 9.10. The monoisotopic (exact) mass is 334 g/mol. The molecule has 1 aromatic heterocycles. The minimum atomic E-state index is -0.663. The first-order valence-corrected chi connectivity index (χ1v) is 6.53. The number of halogens is 2. The third kappa shape index (κ3) is 2.08. The molecule has 3 rings (SSSR count). The average Bonchev–Trinajstić information content (AvgIpc) is 2.43. The Kier molecular flexibility index (Phi) is 3.02. The van der Waals surface area contributed by atoms with Crippen LogP contribution in [0.25, 0.3) is 22.3 Å². The molecular weight excluding hydrogens is 327 g/mol. The van der Waals surface area contributed by atoms with Crippen molar-refractivity contribution < 1.29 is 9.50 Å². The molecule has 0 spiro atoms. The van der Waals surface area contributed by atoms with Crippen molar-refractivity contribution in [1.82, 2.24) is 9.97 Å². The van der Waals surface area contributed by atoms with Gasteiger partial charge in [-0.15, -0.1) is 0 Å². The molecule has 4 nitrogen and oxygen atoms in total. The summed E-state index contributed by atoms with van der Waals surface area (Å²) in [5, 5.41) is 9.86. The minimum Gasteiger partial charge on any atom is -0.507 e. The zero-order valence-electron chi connectivity index (χ0n) is 10.0. The molecule has 2 aromatic carbocycles. The molecule has 0 saturated carbocycles. The Morgan fingerprint density at radius 3 is 2.80 bits per heavy atom. The topological polar surface area (TPSA) is 66.0 Å². The molecule has 0 saturated heterocycles. The van der Waals surface area contributed by atoms with Crippen molar-refractivity contribution in [2.75, 3.05) is 0 Å². The second-order valence-electron chi connectivity index (χ2n) is 4.22. The number of nitrogens with one attached hydrogen (secondary N) is 1. The number of hydrogen-bond donors (Lipinski definition) is 2. The molecule has 6 heteroatoms. The molecule has 2 N–H and O–H groups in total. The number of aromatic amines is 1. The predicted molar refractivity (Wildman–Crippen MR) is 77.1 cm³/mol. The maximum Gasteiger partial charge on any atom is 0.259 e. The van der Waals surface area contributed by atoms with Crippen LogP contribution >= 0.6 is 15.9 Å². The number of aromatic nitrogens is 2. The fourth-order valence-corrected chi connectivity index (χ4v) is 2.28. The Labute approximate surface area is 121 Å². The lowest BCUT2D eigenvalue weighted by Gasteiger charge is -2.06. The minimum absolute atomic E-state index is 0.109. The Bertz CT molecular complexity index is 877. The van der Waals surface area contributed by atoms with Gasteiger partial charge >= 0.3 is 0 Å². The lowest BCUT2D eigenvalue weighted by atomic mass is 10.1. The molecule has 0 aliphatic heterocycles. The molecular formula is C14H8BrFN2O2. The summed E-state index contributed by atoms with van der Waals surface area (Å²) in [4.78, 5) is 18.7. The number of H-pyrrole nitrogens is 1. The van der Waals surface area contributed by atoms with Crippen LogP contribution in [0.3, 0.4) is 0 Å². The van der Waals surface area contributed by atoms with E-state index in [-0.39, 0.29) is 22.7 Å². The lowest BCUT2D eigenvalue weighted by molar-refractivity contribution is 0.466. The van der Waals surface area contributed by atoms with Gasteiger partial charge in [0.05, 0.1) is 20.9 Å². The molecule has 100 valence electrons. The van der Waals surface area contributed by atoms with Crippen molar-refractivity contribution in [3.05, 3.63) is 57.0 Å². The predicted octanol–water partition coefficient (Wildman–Crippen LogP) is 3.20. The van der Waals surface area contributed by atoms with Gasteiger partial charge in [0.2, 0.25) is 0 Å². The summed E-state index contributed by atoms with van der Waals surface area (Å²) in [5.74, 6) is -0.759. The summed E-state index contributed by atoms with van der Waals surface area (Å²) in [6.45, 7) is 0. The van der Waals surface area contributed by atoms with Gasteiger partial charge in [0, 0.05) is 6.07 Å². The van der Waals surface area contributed by atoms with Gasteiger partial charge in [-0.25, -0.2) is 9.37 Å². The van der Waals surface area contributed by atoms with E-state index in [0.29, 0.717) is 15.4 Å². The van der Waals surface area contributed by atoms with Gasteiger partial charge in [0.1, 0.15) is 17.4 Å². The number of hydrogen-bond acceptors (Lipinski definition) is 3. The van der Waals surface area contributed by atoms with Crippen molar-refractivity contribution in [1.29, 1.82) is 0 Å². The number of para-hydroxylation sites is 1. The van der Waals surface area contributed by atoms with E-state index >= 15 is 0 Å². The van der Waals surface area contributed by atoms with Gasteiger partial charge in [-0.1, -0.05) is 12.1 Å². The number of aromatic hydroxyl groups is 1. The van der Waals surface area contributed by atoms with Gasteiger partial charge in [-0.05, 0) is 34.1 Å². The van der Waals surface area contributed by atoms with Crippen molar-refractivity contribution in [2.45, 2.75) is 0 Å². The van der Waals surface area contributed by atoms with Gasteiger partial charge in [0.15, 0.2) is 0 Å². The molecule has 20 heavy (non-hydrogen) atoms. The standard InChI is InChI=1S/C14H8BrFN2O2/c15-9-5-8(10(16)6-12(9)19)13-17-11-4-2-1-3-7(11)14(20)18-13/h1-6,19H,(H,17,18,20).